The first kappa shape index (κ1) is 16.7. The van der Waals surface area contributed by atoms with Crippen molar-refractivity contribution in [3.8, 4) is 5.75 Å². The molecule has 2 rings (SSSR count). The average Bonchev–Trinajstić information content (AvgIpc) is 2.56. The zero-order chi connectivity index (χ0) is 16.7. The van der Waals surface area contributed by atoms with Crippen molar-refractivity contribution in [2.24, 2.45) is 5.10 Å². The second kappa shape index (κ2) is 8.13. The minimum absolute atomic E-state index is 0.288. The first-order valence-electron chi connectivity index (χ1n) is 7.71. The fraction of sp³-hybridized carbons (Fsp3) is 0.263. The van der Waals surface area contributed by atoms with Gasteiger partial charge in [0.2, 0.25) is 0 Å². The number of benzene rings is 2. The summed E-state index contributed by atoms with van der Waals surface area (Å²) in [5.41, 5.74) is 4.70. The molecule has 0 aromatic heterocycles. The number of nitrogens with one attached hydrogen (secondary N) is 1. The third kappa shape index (κ3) is 5.25. The summed E-state index contributed by atoms with van der Waals surface area (Å²) in [7, 11) is 0. The Balaban J connectivity index is 1.85. The van der Waals surface area contributed by atoms with Crippen LogP contribution in [0.3, 0.4) is 0 Å². The van der Waals surface area contributed by atoms with Gasteiger partial charge in [0.1, 0.15) is 5.75 Å². The van der Waals surface area contributed by atoms with Crippen LogP contribution in [-0.2, 0) is 4.79 Å². The average molecular weight is 310 g/mol. The van der Waals surface area contributed by atoms with Crippen molar-refractivity contribution in [2.45, 2.75) is 32.8 Å². The van der Waals surface area contributed by atoms with E-state index in [2.05, 4.69) is 36.5 Å². The Kier molecular flexibility index (Phi) is 5.92. The molecule has 120 valence electrons. The van der Waals surface area contributed by atoms with Gasteiger partial charge in [0.15, 0.2) is 6.10 Å². The minimum Gasteiger partial charge on any atom is -0.481 e. The number of carbonyl (C=O) groups excluding carboxylic acids is 1. The normalized spacial score (nSPS) is 12.3. The number of amides is 1. The van der Waals surface area contributed by atoms with Crippen molar-refractivity contribution in [3.05, 3.63) is 65.7 Å². The van der Waals surface area contributed by atoms with Crippen LogP contribution in [0.25, 0.3) is 0 Å². The van der Waals surface area contributed by atoms with Crippen molar-refractivity contribution < 1.29 is 9.53 Å². The van der Waals surface area contributed by atoms with Gasteiger partial charge in [0, 0.05) is 0 Å². The number of hydrogen-bond acceptors (Lipinski definition) is 3. The number of carbonyl (C=O) groups is 1. The molecule has 2 aromatic carbocycles. The molecule has 1 atom stereocenters. The van der Waals surface area contributed by atoms with Gasteiger partial charge < -0.3 is 4.74 Å². The summed E-state index contributed by atoms with van der Waals surface area (Å²) in [6.45, 7) is 5.99. The first-order valence-corrected chi connectivity index (χ1v) is 7.71. The van der Waals surface area contributed by atoms with Gasteiger partial charge in [-0.05, 0) is 36.1 Å². The van der Waals surface area contributed by atoms with E-state index in [4.69, 9.17) is 4.74 Å². The van der Waals surface area contributed by atoms with Crippen LogP contribution in [0, 0.1) is 0 Å². The molecule has 23 heavy (non-hydrogen) atoms. The largest absolute Gasteiger partial charge is 0.481 e. The molecule has 0 saturated heterocycles. The summed E-state index contributed by atoms with van der Waals surface area (Å²) >= 11 is 0. The Morgan fingerprint density at radius 2 is 1.70 bits per heavy atom. The van der Waals surface area contributed by atoms with Crippen LogP contribution in [0.15, 0.2) is 59.7 Å². The molecule has 4 heteroatoms. The fourth-order valence-electron chi connectivity index (χ4n) is 1.99. The molecule has 1 N–H and O–H groups in total. The number of para-hydroxylation sites is 1. The van der Waals surface area contributed by atoms with Crippen LogP contribution in [0.1, 0.15) is 37.8 Å². The van der Waals surface area contributed by atoms with Crippen molar-refractivity contribution in [3.63, 3.8) is 0 Å². The monoisotopic (exact) mass is 310 g/mol. The van der Waals surface area contributed by atoms with Crippen molar-refractivity contribution >= 4 is 12.1 Å². The van der Waals surface area contributed by atoms with Gasteiger partial charge in [-0.25, -0.2) is 5.43 Å². The molecule has 4 nitrogen and oxygen atoms in total. The highest BCUT2D eigenvalue weighted by molar-refractivity contribution is 5.84. The molecule has 0 heterocycles. The minimum atomic E-state index is -0.613. The molecule has 0 aliphatic rings. The number of hydrogen-bond donors (Lipinski definition) is 1. The third-order valence-electron chi connectivity index (χ3n) is 3.42. The molecule has 0 saturated carbocycles. The van der Waals surface area contributed by atoms with E-state index < -0.39 is 6.10 Å². The van der Waals surface area contributed by atoms with Gasteiger partial charge in [0.05, 0.1) is 6.21 Å². The lowest BCUT2D eigenvalue weighted by Crippen LogP contribution is -2.33. The number of rotatable bonds is 6. The van der Waals surface area contributed by atoms with Gasteiger partial charge in [0.25, 0.3) is 5.91 Å². The highest BCUT2D eigenvalue weighted by atomic mass is 16.5. The fourth-order valence-corrected chi connectivity index (χ4v) is 1.99. The number of nitrogens with zero attached hydrogens (tertiary/aromatic N) is 1. The second-order valence-electron chi connectivity index (χ2n) is 5.63. The van der Waals surface area contributed by atoms with E-state index in [1.54, 1.807) is 13.1 Å². The van der Waals surface area contributed by atoms with Gasteiger partial charge >= 0.3 is 0 Å². The van der Waals surface area contributed by atoms with E-state index in [9.17, 15) is 4.79 Å². The predicted molar refractivity (Wildman–Crippen MR) is 92.8 cm³/mol. The lowest BCUT2D eigenvalue weighted by Gasteiger charge is -2.12. The lowest BCUT2D eigenvalue weighted by molar-refractivity contribution is -0.127. The Bertz CT molecular complexity index is 649. The van der Waals surface area contributed by atoms with Crippen molar-refractivity contribution in [1.82, 2.24) is 5.43 Å². The maximum absolute atomic E-state index is 11.9. The van der Waals surface area contributed by atoms with E-state index in [1.165, 1.54) is 5.56 Å². The molecule has 1 unspecified atom stereocenters. The van der Waals surface area contributed by atoms with E-state index in [-0.39, 0.29) is 5.91 Å². The zero-order valence-corrected chi connectivity index (χ0v) is 13.7. The summed E-state index contributed by atoms with van der Waals surface area (Å²) in [6, 6.07) is 17.3. The lowest BCUT2D eigenvalue weighted by atomic mass is 10.0. The van der Waals surface area contributed by atoms with Crippen LogP contribution < -0.4 is 10.2 Å². The summed E-state index contributed by atoms with van der Waals surface area (Å²) in [5, 5.41) is 3.97. The van der Waals surface area contributed by atoms with Gasteiger partial charge in [-0.15, -0.1) is 0 Å². The first-order chi connectivity index (χ1) is 11.1. The summed E-state index contributed by atoms with van der Waals surface area (Å²) < 4.78 is 5.54. The summed E-state index contributed by atoms with van der Waals surface area (Å²) in [6.07, 6.45) is 1.01. The highest BCUT2D eigenvalue weighted by Crippen LogP contribution is 2.14. The van der Waals surface area contributed by atoms with Crippen molar-refractivity contribution in [1.29, 1.82) is 0 Å². The van der Waals surface area contributed by atoms with Gasteiger partial charge in [-0.3, -0.25) is 4.79 Å². The zero-order valence-electron chi connectivity index (χ0n) is 13.7. The number of hydrazone groups is 1. The molecule has 2 aromatic rings. The van der Waals surface area contributed by atoms with Crippen LogP contribution in [0.4, 0.5) is 0 Å². The molecule has 0 radical (unpaired) electrons. The van der Waals surface area contributed by atoms with E-state index in [0.29, 0.717) is 11.7 Å². The number of ether oxygens (including phenoxy) is 1. The molecule has 0 fully saturated rings. The molecular formula is C19H22N2O2. The second-order valence-corrected chi connectivity index (χ2v) is 5.63. The molecule has 0 bridgehead atoms. The molecule has 0 aliphatic heterocycles. The Labute approximate surface area is 137 Å². The molecule has 0 aliphatic carbocycles. The maximum atomic E-state index is 11.9. The smallest absolute Gasteiger partial charge is 0.280 e. The molecule has 1 amide bonds. The van der Waals surface area contributed by atoms with E-state index >= 15 is 0 Å². The Morgan fingerprint density at radius 3 is 2.30 bits per heavy atom. The van der Waals surface area contributed by atoms with E-state index in [1.807, 2.05) is 42.5 Å². The van der Waals surface area contributed by atoms with Gasteiger partial charge in [-0.1, -0.05) is 56.3 Å². The Hall–Kier alpha value is -2.62. The SMILES string of the molecule is CC(Oc1ccccc1)C(=O)NN=Cc1ccc(C(C)C)cc1. The highest BCUT2D eigenvalue weighted by Gasteiger charge is 2.13. The Morgan fingerprint density at radius 1 is 1.04 bits per heavy atom. The van der Waals surface area contributed by atoms with Crippen molar-refractivity contribution in [2.75, 3.05) is 0 Å². The molecule has 0 spiro atoms. The summed E-state index contributed by atoms with van der Waals surface area (Å²) in [4.78, 5) is 11.9. The van der Waals surface area contributed by atoms with Crippen LogP contribution in [-0.4, -0.2) is 18.2 Å². The van der Waals surface area contributed by atoms with Gasteiger partial charge in [-0.2, -0.15) is 5.10 Å². The maximum Gasteiger partial charge on any atom is 0.280 e. The third-order valence-corrected chi connectivity index (χ3v) is 3.42. The van der Waals surface area contributed by atoms with Crippen LogP contribution >= 0.6 is 0 Å². The molecular weight excluding hydrogens is 288 g/mol. The predicted octanol–water partition coefficient (Wildman–Crippen LogP) is 3.73. The topological polar surface area (TPSA) is 50.7 Å². The standard InChI is InChI=1S/C19H22N2O2/c1-14(2)17-11-9-16(10-12-17)13-20-21-19(22)15(3)23-18-7-5-4-6-8-18/h4-15H,1-3H3,(H,21,22). The summed E-state index contributed by atoms with van der Waals surface area (Å²) in [5.74, 6) is 0.865. The quantitative estimate of drug-likeness (QED) is 0.653. The van der Waals surface area contributed by atoms with E-state index in [0.717, 1.165) is 5.56 Å². The van der Waals surface area contributed by atoms with Crippen LogP contribution in [0.5, 0.6) is 5.75 Å². The van der Waals surface area contributed by atoms with Crippen LogP contribution in [0.2, 0.25) is 0 Å².